The first-order valence-electron chi connectivity index (χ1n) is 8.04. The topological polar surface area (TPSA) is 76.1 Å². The second kappa shape index (κ2) is 8.39. The van der Waals surface area contributed by atoms with Crippen LogP contribution in [0.1, 0.15) is 16.8 Å². The van der Waals surface area contributed by atoms with Gasteiger partial charge in [0.05, 0.1) is 18.4 Å². The number of likely N-dealkylation sites (tertiary alicyclic amines) is 1. The van der Waals surface area contributed by atoms with Crippen molar-refractivity contribution in [3.05, 3.63) is 29.8 Å². The van der Waals surface area contributed by atoms with E-state index in [1.54, 1.807) is 19.2 Å². The van der Waals surface area contributed by atoms with Crippen LogP contribution in [0.15, 0.2) is 24.3 Å². The molecular weight excluding hydrogens is 355 g/mol. The summed E-state index contributed by atoms with van der Waals surface area (Å²) in [6, 6.07) is 6.09. The highest BCUT2D eigenvalue weighted by molar-refractivity contribution is 5.95. The zero-order chi connectivity index (χ0) is 19.3. The molecule has 9 heteroatoms. The number of hydrogen-bond donors (Lipinski definition) is 1. The molecule has 1 aliphatic rings. The summed E-state index contributed by atoms with van der Waals surface area (Å²) in [5, 5.41) is 9.03. The number of alkyl halides is 3. The van der Waals surface area contributed by atoms with Crippen LogP contribution in [-0.2, 0) is 9.53 Å². The maximum Gasteiger partial charge on any atom is 0.394 e. The summed E-state index contributed by atoms with van der Waals surface area (Å²) >= 11 is 0. The zero-order valence-electron chi connectivity index (χ0n) is 14.2. The Balaban J connectivity index is 2.08. The van der Waals surface area contributed by atoms with Gasteiger partial charge in [0.25, 0.3) is 5.91 Å². The number of halogens is 3. The molecule has 144 valence electrons. The van der Waals surface area contributed by atoms with Gasteiger partial charge in [-0.3, -0.25) is 9.59 Å². The van der Waals surface area contributed by atoms with Crippen LogP contribution in [0.3, 0.4) is 0 Å². The van der Waals surface area contributed by atoms with Gasteiger partial charge in [-0.15, -0.1) is 0 Å². The minimum atomic E-state index is -4.68. The molecule has 0 aromatic heterocycles. The number of amides is 1. The second-order valence-electron chi connectivity index (χ2n) is 6.03. The van der Waals surface area contributed by atoms with E-state index in [0.717, 1.165) is 4.90 Å². The smallest absolute Gasteiger partial charge is 0.394 e. The Morgan fingerprint density at radius 3 is 2.58 bits per heavy atom. The standard InChI is InChI=1S/C17H20F3NO5/c1-25-6-3-7-26-12-5-2-4-11(8-12)15(22)21-9-13(16(23)24)14(10-21)17(18,19)20/h2,4-5,8,13-14H,3,6-7,9-10H2,1H3,(H,23,24)/t13-,14-/m1/s1. The van der Waals surface area contributed by atoms with Gasteiger partial charge in [-0.05, 0) is 18.2 Å². The quantitative estimate of drug-likeness (QED) is 0.741. The fourth-order valence-electron chi connectivity index (χ4n) is 2.85. The monoisotopic (exact) mass is 375 g/mol. The summed E-state index contributed by atoms with van der Waals surface area (Å²) in [5.74, 6) is -5.53. The van der Waals surface area contributed by atoms with Gasteiger partial charge in [-0.25, -0.2) is 0 Å². The Bertz CT molecular complexity index is 650. The highest BCUT2D eigenvalue weighted by Gasteiger charge is 2.53. The first-order valence-corrected chi connectivity index (χ1v) is 8.04. The van der Waals surface area contributed by atoms with Crippen molar-refractivity contribution in [2.24, 2.45) is 11.8 Å². The Morgan fingerprint density at radius 2 is 2.00 bits per heavy atom. The van der Waals surface area contributed by atoms with Crippen LogP contribution in [0.4, 0.5) is 13.2 Å². The van der Waals surface area contributed by atoms with Gasteiger partial charge in [-0.1, -0.05) is 6.07 Å². The molecule has 0 radical (unpaired) electrons. The van der Waals surface area contributed by atoms with E-state index in [-0.39, 0.29) is 5.56 Å². The minimum absolute atomic E-state index is 0.154. The molecule has 1 aromatic rings. The zero-order valence-corrected chi connectivity index (χ0v) is 14.2. The number of carbonyl (C=O) groups excluding carboxylic acids is 1. The Hall–Kier alpha value is -2.29. The summed E-state index contributed by atoms with van der Waals surface area (Å²) in [7, 11) is 1.56. The summed E-state index contributed by atoms with van der Waals surface area (Å²) in [6.07, 6.45) is -4.03. The molecule has 1 N–H and O–H groups in total. The van der Waals surface area contributed by atoms with E-state index in [4.69, 9.17) is 14.6 Å². The van der Waals surface area contributed by atoms with Crippen molar-refractivity contribution in [3.63, 3.8) is 0 Å². The van der Waals surface area contributed by atoms with E-state index in [1.165, 1.54) is 12.1 Å². The normalized spacial score (nSPS) is 20.2. The first-order chi connectivity index (χ1) is 12.2. The highest BCUT2D eigenvalue weighted by Crippen LogP contribution is 2.38. The fourth-order valence-corrected chi connectivity index (χ4v) is 2.85. The Labute approximate surface area is 148 Å². The number of rotatable bonds is 7. The third kappa shape index (κ3) is 4.87. The predicted molar refractivity (Wildman–Crippen MR) is 85.0 cm³/mol. The Morgan fingerprint density at radius 1 is 1.27 bits per heavy atom. The van der Waals surface area contributed by atoms with Gasteiger partial charge in [0.1, 0.15) is 5.75 Å². The minimum Gasteiger partial charge on any atom is -0.493 e. The Kier molecular flexibility index (Phi) is 6.47. The summed E-state index contributed by atoms with van der Waals surface area (Å²) in [4.78, 5) is 24.6. The van der Waals surface area contributed by atoms with Crippen molar-refractivity contribution in [1.82, 2.24) is 4.90 Å². The maximum absolute atomic E-state index is 13.0. The van der Waals surface area contributed by atoms with Crippen molar-refractivity contribution < 1.29 is 37.3 Å². The number of carboxylic acid groups (broad SMARTS) is 1. The molecule has 1 aliphatic heterocycles. The SMILES string of the molecule is COCCCOc1cccc(C(=O)N2C[C@@H](C(F)(F)F)[C@H](C(=O)O)C2)c1. The van der Waals surface area contributed by atoms with Crippen LogP contribution in [0.5, 0.6) is 5.75 Å². The average molecular weight is 375 g/mol. The van der Waals surface area contributed by atoms with E-state index in [2.05, 4.69) is 0 Å². The lowest BCUT2D eigenvalue weighted by Crippen LogP contribution is -2.34. The van der Waals surface area contributed by atoms with Crippen LogP contribution < -0.4 is 4.74 Å². The van der Waals surface area contributed by atoms with Crippen LogP contribution in [-0.4, -0.2) is 61.5 Å². The second-order valence-corrected chi connectivity index (χ2v) is 6.03. The van der Waals surface area contributed by atoms with Crippen molar-refractivity contribution in [3.8, 4) is 5.75 Å². The van der Waals surface area contributed by atoms with E-state index < -0.39 is 43.0 Å². The van der Waals surface area contributed by atoms with Gasteiger partial charge < -0.3 is 19.5 Å². The van der Waals surface area contributed by atoms with Crippen LogP contribution in [0.25, 0.3) is 0 Å². The predicted octanol–water partition coefficient (Wildman–Crippen LogP) is 2.44. The molecular formula is C17H20F3NO5. The molecule has 2 rings (SSSR count). The van der Waals surface area contributed by atoms with Crippen molar-refractivity contribution in [2.45, 2.75) is 12.6 Å². The molecule has 1 aromatic carbocycles. The molecule has 0 aliphatic carbocycles. The van der Waals surface area contributed by atoms with Crippen LogP contribution >= 0.6 is 0 Å². The number of ether oxygens (including phenoxy) is 2. The lowest BCUT2D eigenvalue weighted by molar-refractivity contribution is -0.187. The lowest BCUT2D eigenvalue weighted by Gasteiger charge is -2.18. The first kappa shape index (κ1) is 20.0. The van der Waals surface area contributed by atoms with Gasteiger partial charge in [0.2, 0.25) is 0 Å². The average Bonchev–Trinajstić information content (AvgIpc) is 3.04. The summed E-state index contributed by atoms with van der Waals surface area (Å²) in [6.45, 7) is -0.260. The number of aliphatic carboxylic acids is 1. The van der Waals surface area contributed by atoms with Crippen LogP contribution in [0.2, 0.25) is 0 Å². The number of hydrogen-bond acceptors (Lipinski definition) is 4. The maximum atomic E-state index is 13.0. The van der Waals surface area contributed by atoms with E-state index in [9.17, 15) is 22.8 Å². The van der Waals surface area contributed by atoms with E-state index >= 15 is 0 Å². The van der Waals surface area contributed by atoms with Gasteiger partial charge in [0, 0.05) is 38.8 Å². The van der Waals surface area contributed by atoms with Gasteiger partial charge >= 0.3 is 12.1 Å². The largest absolute Gasteiger partial charge is 0.493 e. The lowest BCUT2D eigenvalue weighted by atomic mass is 9.96. The highest BCUT2D eigenvalue weighted by atomic mass is 19.4. The molecule has 2 atom stereocenters. The third-order valence-electron chi connectivity index (χ3n) is 4.19. The van der Waals surface area contributed by atoms with E-state index in [1.807, 2.05) is 0 Å². The number of nitrogens with zero attached hydrogens (tertiary/aromatic N) is 1. The summed E-state index contributed by atoms with van der Waals surface area (Å²) in [5.41, 5.74) is 0.154. The summed E-state index contributed by atoms with van der Waals surface area (Å²) < 4.78 is 49.5. The van der Waals surface area contributed by atoms with E-state index in [0.29, 0.717) is 25.4 Å². The van der Waals surface area contributed by atoms with Crippen molar-refractivity contribution in [1.29, 1.82) is 0 Å². The van der Waals surface area contributed by atoms with Gasteiger partial charge in [0.15, 0.2) is 0 Å². The van der Waals surface area contributed by atoms with Crippen molar-refractivity contribution >= 4 is 11.9 Å². The molecule has 6 nitrogen and oxygen atoms in total. The molecule has 1 saturated heterocycles. The molecule has 0 spiro atoms. The molecule has 0 saturated carbocycles. The molecule has 1 fully saturated rings. The van der Waals surface area contributed by atoms with Crippen LogP contribution in [0, 0.1) is 11.8 Å². The fraction of sp³-hybridized carbons (Fsp3) is 0.529. The van der Waals surface area contributed by atoms with Gasteiger partial charge in [-0.2, -0.15) is 13.2 Å². The van der Waals surface area contributed by atoms with Crippen molar-refractivity contribution in [2.75, 3.05) is 33.4 Å². The molecule has 1 amide bonds. The molecule has 26 heavy (non-hydrogen) atoms. The molecule has 1 heterocycles. The molecule has 0 bridgehead atoms. The number of benzene rings is 1. The number of methoxy groups -OCH3 is 1. The third-order valence-corrected chi connectivity index (χ3v) is 4.19. The number of carbonyl (C=O) groups is 2. The molecule has 0 unspecified atom stereocenters. The number of carboxylic acids is 1.